The van der Waals surface area contributed by atoms with Crippen LogP contribution in [0.15, 0.2) is 30.3 Å². The van der Waals surface area contributed by atoms with E-state index in [1.54, 1.807) is 0 Å². The highest BCUT2D eigenvalue weighted by Gasteiger charge is 2.31. The SMILES string of the molecule is CC(C)(C)NCC(C)(CN1CCCC1)c1ccccc1. The first-order chi connectivity index (χ1) is 9.39. The molecule has 0 bridgehead atoms. The normalized spacial score (nSPS) is 20.0. The molecule has 1 aliphatic heterocycles. The first kappa shape index (κ1) is 15.5. The maximum absolute atomic E-state index is 3.71. The summed E-state index contributed by atoms with van der Waals surface area (Å²) in [6.45, 7) is 13.8. The molecule has 0 aromatic heterocycles. The van der Waals surface area contributed by atoms with Crippen LogP contribution in [0, 0.1) is 0 Å². The molecular weight excluding hydrogens is 244 g/mol. The van der Waals surface area contributed by atoms with Crippen LogP contribution >= 0.6 is 0 Å². The van der Waals surface area contributed by atoms with E-state index in [1.807, 2.05) is 0 Å². The Morgan fingerprint density at radius 2 is 1.60 bits per heavy atom. The van der Waals surface area contributed by atoms with E-state index < -0.39 is 0 Å². The third kappa shape index (κ3) is 4.32. The smallest absolute Gasteiger partial charge is 0.0177 e. The molecule has 0 radical (unpaired) electrons. The van der Waals surface area contributed by atoms with E-state index in [1.165, 1.54) is 31.5 Å². The lowest BCUT2D eigenvalue weighted by molar-refractivity contribution is 0.236. The Bertz CT molecular complexity index is 401. The molecule has 0 aliphatic carbocycles. The molecule has 2 heteroatoms. The van der Waals surface area contributed by atoms with E-state index in [-0.39, 0.29) is 11.0 Å². The Morgan fingerprint density at radius 3 is 2.15 bits per heavy atom. The number of benzene rings is 1. The summed E-state index contributed by atoms with van der Waals surface area (Å²) >= 11 is 0. The molecule has 0 spiro atoms. The lowest BCUT2D eigenvalue weighted by Gasteiger charge is -2.37. The molecule has 2 nitrogen and oxygen atoms in total. The fraction of sp³-hybridized carbons (Fsp3) is 0.667. The minimum Gasteiger partial charge on any atom is -0.311 e. The highest BCUT2D eigenvalue weighted by Crippen LogP contribution is 2.26. The maximum Gasteiger partial charge on any atom is 0.0177 e. The van der Waals surface area contributed by atoms with Gasteiger partial charge in [0.2, 0.25) is 0 Å². The summed E-state index contributed by atoms with van der Waals surface area (Å²) in [4.78, 5) is 2.62. The number of hydrogen-bond donors (Lipinski definition) is 1. The molecule has 1 heterocycles. The second-order valence-electron chi connectivity index (χ2n) is 7.51. The van der Waals surface area contributed by atoms with Crippen molar-refractivity contribution in [2.75, 3.05) is 26.2 Å². The monoisotopic (exact) mass is 274 g/mol. The summed E-state index contributed by atoms with van der Waals surface area (Å²) in [5.74, 6) is 0. The minimum atomic E-state index is 0.168. The van der Waals surface area contributed by atoms with Crippen LogP contribution in [-0.4, -0.2) is 36.6 Å². The van der Waals surface area contributed by atoms with Crippen LogP contribution in [0.2, 0.25) is 0 Å². The zero-order valence-corrected chi connectivity index (χ0v) is 13.6. The predicted molar refractivity (Wildman–Crippen MR) is 87.2 cm³/mol. The highest BCUT2D eigenvalue weighted by atomic mass is 15.1. The standard InChI is InChI=1S/C18H30N2/c1-17(2,3)19-14-18(4,15-20-12-8-9-13-20)16-10-6-5-7-11-16/h5-7,10-11,19H,8-9,12-15H2,1-4H3. The molecule has 1 fully saturated rings. The van der Waals surface area contributed by atoms with Crippen LogP contribution in [0.3, 0.4) is 0 Å². The number of rotatable bonds is 5. The van der Waals surface area contributed by atoms with E-state index in [9.17, 15) is 0 Å². The van der Waals surface area contributed by atoms with Gasteiger partial charge in [-0.25, -0.2) is 0 Å². The van der Waals surface area contributed by atoms with Gasteiger partial charge in [0.1, 0.15) is 0 Å². The van der Waals surface area contributed by atoms with Crippen molar-refractivity contribution >= 4 is 0 Å². The lowest BCUT2D eigenvalue weighted by Crippen LogP contribution is -2.49. The van der Waals surface area contributed by atoms with E-state index in [0.29, 0.717) is 0 Å². The highest BCUT2D eigenvalue weighted by molar-refractivity contribution is 5.26. The van der Waals surface area contributed by atoms with Gasteiger partial charge in [0.15, 0.2) is 0 Å². The van der Waals surface area contributed by atoms with Gasteiger partial charge in [-0.2, -0.15) is 0 Å². The molecule has 112 valence electrons. The second kappa shape index (κ2) is 6.28. The minimum absolute atomic E-state index is 0.168. The third-order valence-corrected chi connectivity index (χ3v) is 4.25. The van der Waals surface area contributed by atoms with E-state index in [2.05, 4.69) is 68.2 Å². The van der Waals surface area contributed by atoms with Gasteiger partial charge in [0, 0.05) is 24.0 Å². The summed E-state index contributed by atoms with van der Waals surface area (Å²) in [5, 5.41) is 3.71. The number of likely N-dealkylation sites (tertiary alicyclic amines) is 1. The van der Waals surface area contributed by atoms with Crippen molar-refractivity contribution in [2.45, 2.75) is 51.5 Å². The van der Waals surface area contributed by atoms with Gasteiger partial charge >= 0.3 is 0 Å². The van der Waals surface area contributed by atoms with Gasteiger partial charge in [0.25, 0.3) is 0 Å². The summed E-state index contributed by atoms with van der Waals surface area (Å²) in [7, 11) is 0. The largest absolute Gasteiger partial charge is 0.311 e. The number of hydrogen-bond acceptors (Lipinski definition) is 2. The molecule has 1 aromatic carbocycles. The van der Waals surface area contributed by atoms with Crippen molar-refractivity contribution in [3.63, 3.8) is 0 Å². The van der Waals surface area contributed by atoms with Gasteiger partial charge in [-0.05, 0) is 52.3 Å². The quantitative estimate of drug-likeness (QED) is 0.885. The van der Waals surface area contributed by atoms with Crippen molar-refractivity contribution < 1.29 is 0 Å². The van der Waals surface area contributed by atoms with E-state index >= 15 is 0 Å². The van der Waals surface area contributed by atoms with Crippen LogP contribution in [0.25, 0.3) is 0 Å². The predicted octanol–water partition coefficient (Wildman–Crippen LogP) is 3.43. The molecular formula is C18H30N2. The van der Waals surface area contributed by atoms with Gasteiger partial charge in [-0.3, -0.25) is 0 Å². The molecule has 1 unspecified atom stereocenters. The zero-order valence-electron chi connectivity index (χ0n) is 13.6. The number of nitrogens with zero attached hydrogens (tertiary/aromatic N) is 1. The molecule has 20 heavy (non-hydrogen) atoms. The molecule has 1 saturated heterocycles. The fourth-order valence-corrected chi connectivity index (χ4v) is 2.98. The summed E-state index contributed by atoms with van der Waals surface area (Å²) in [6, 6.07) is 11.0. The van der Waals surface area contributed by atoms with Crippen LogP contribution in [0.4, 0.5) is 0 Å². The van der Waals surface area contributed by atoms with Crippen molar-refractivity contribution in [1.82, 2.24) is 10.2 Å². The summed E-state index contributed by atoms with van der Waals surface area (Å²) in [5.41, 5.74) is 1.79. The molecule has 0 amide bonds. The van der Waals surface area contributed by atoms with Crippen LogP contribution < -0.4 is 5.32 Å². The molecule has 2 rings (SSSR count). The van der Waals surface area contributed by atoms with Crippen molar-refractivity contribution in [2.24, 2.45) is 0 Å². The molecule has 1 aromatic rings. The lowest BCUT2D eigenvalue weighted by atomic mass is 9.81. The molecule has 1 N–H and O–H groups in total. The average Bonchev–Trinajstić information content (AvgIpc) is 2.89. The second-order valence-corrected chi connectivity index (χ2v) is 7.51. The Kier molecular flexibility index (Phi) is 4.87. The topological polar surface area (TPSA) is 15.3 Å². The van der Waals surface area contributed by atoms with Gasteiger partial charge in [-0.1, -0.05) is 37.3 Å². The van der Waals surface area contributed by atoms with Crippen molar-refractivity contribution in [1.29, 1.82) is 0 Å². The molecule has 1 atom stereocenters. The summed E-state index contributed by atoms with van der Waals surface area (Å²) in [6.07, 6.45) is 2.72. The average molecular weight is 274 g/mol. The Labute approximate surface area is 124 Å². The van der Waals surface area contributed by atoms with Gasteiger partial charge in [-0.15, -0.1) is 0 Å². The number of nitrogens with one attached hydrogen (secondary N) is 1. The Morgan fingerprint density at radius 1 is 1.00 bits per heavy atom. The third-order valence-electron chi connectivity index (χ3n) is 4.25. The van der Waals surface area contributed by atoms with Crippen LogP contribution in [-0.2, 0) is 5.41 Å². The van der Waals surface area contributed by atoms with E-state index in [0.717, 1.165) is 13.1 Å². The van der Waals surface area contributed by atoms with Crippen molar-refractivity contribution in [3.05, 3.63) is 35.9 Å². The molecule has 0 saturated carbocycles. The zero-order chi connectivity index (χ0) is 14.6. The van der Waals surface area contributed by atoms with Gasteiger partial charge < -0.3 is 10.2 Å². The van der Waals surface area contributed by atoms with Crippen molar-refractivity contribution in [3.8, 4) is 0 Å². The fourth-order valence-electron chi connectivity index (χ4n) is 2.98. The van der Waals surface area contributed by atoms with Gasteiger partial charge in [0.05, 0.1) is 0 Å². The maximum atomic E-state index is 3.71. The first-order valence-electron chi connectivity index (χ1n) is 7.92. The Balaban J connectivity index is 2.13. The first-order valence-corrected chi connectivity index (χ1v) is 7.92. The summed E-state index contributed by atoms with van der Waals surface area (Å²) < 4.78 is 0. The van der Waals surface area contributed by atoms with Crippen LogP contribution in [0.1, 0.15) is 46.1 Å². The Hall–Kier alpha value is -0.860. The van der Waals surface area contributed by atoms with E-state index in [4.69, 9.17) is 0 Å². The molecule has 1 aliphatic rings. The van der Waals surface area contributed by atoms with Crippen LogP contribution in [0.5, 0.6) is 0 Å².